The summed E-state index contributed by atoms with van der Waals surface area (Å²) in [5.41, 5.74) is 1.33. The summed E-state index contributed by atoms with van der Waals surface area (Å²) >= 11 is 0. The Morgan fingerprint density at radius 2 is 1.72 bits per heavy atom. The van der Waals surface area contributed by atoms with E-state index in [-0.39, 0.29) is 29.8 Å². The van der Waals surface area contributed by atoms with Crippen molar-refractivity contribution in [1.29, 1.82) is 0 Å². The van der Waals surface area contributed by atoms with Crippen LogP contribution in [0.4, 0.5) is 10.1 Å². The van der Waals surface area contributed by atoms with Gasteiger partial charge in [0.25, 0.3) is 5.91 Å². The average Bonchev–Trinajstić information content (AvgIpc) is 2.84. The maximum atomic E-state index is 13.0. The molecule has 1 amide bonds. The Labute approximate surface area is 184 Å². The molecule has 166 valence electrons. The number of hydrogen-bond acceptors (Lipinski definition) is 6. The van der Waals surface area contributed by atoms with Crippen LogP contribution in [-0.2, 0) is 6.61 Å². The molecule has 1 aromatic heterocycles. The van der Waals surface area contributed by atoms with Gasteiger partial charge >= 0.3 is 0 Å². The third-order valence-electron chi connectivity index (χ3n) is 5.32. The highest BCUT2D eigenvalue weighted by Crippen LogP contribution is 2.21. The Morgan fingerprint density at radius 1 is 1.03 bits per heavy atom. The molecule has 2 heterocycles. The van der Waals surface area contributed by atoms with Gasteiger partial charge in [0.05, 0.1) is 7.11 Å². The summed E-state index contributed by atoms with van der Waals surface area (Å²) in [5.74, 6) is 0.0856. The van der Waals surface area contributed by atoms with Gasteiger partial charge in [0.1, 0.15) is 24.4 Å². The largest absolute Gasteiger partial charge is 0.497 e. The minimum atomic E-state index is -0.446. The molecule has 8 heteroatoms. The summed E-state index contributed by atoms with van der Waals surface area (Å²) in [4.78, 5) is 29.0. The van der Waals surface area contributed by atoms with Crippen LogP contribution in [0.5, 0.6) is 11.5 Å². The first kappa shape index (κ1) is 21.4. The van der Waals surface area contributed by atoms with E-state index in [0.29, 0.717) is 31.7 Å². The smallest absolute Gasteiger partial charge is 0.289 e. The van der Waals surface area contributed by atoms with Gasteiger partial charge in [-0.05, 0) is 42.0 Å². The molecule has 0 bridgehead atoms. The Kier molecular flexibility index (Phi) is 6.39. The van der Waals surface area contributed by atoms with Gasteiger partial charge in [-0.15, -0.1) is 0 Å². The maximum absolute atomic E-state index is 13.0. The molecule has 0 spiro atoms. The van der Waals surface area contributed by atoms with E-state index in [0.717, 1.165) is 23.8 Å². The zero-order valence-corrected chi connectivity index (χ0v) is 17.6. The molecule has 1 aliphatic heterocycles. The van der Waals surface area contributed by atoms with Crippen molar-refractivity contribution in [1.82, 2.24) is 4.90 Å². The molecule has 4 rings (SSSR count). The van der Waals surface area contributed by atoms with Crippen LogP contribution in [0.15, 0.2) is 70.1 Å². The van der Waals surface area contributed by atoms with E-state index in [4.69, 9.17) is 13.9 Å². The fourth-order valence-electron chi connectivity index (χ4n) is 3.47. The normalized spacial score (nSPS) is 13.7. The van der Waals surface area contributed by atoms with E-state index in [1.54, 1.807) is 24.1 Å². The number of methoxy groups -OCH3 is 1. The molecule has 7 nitrogen and oxygen atoms in total. The van der Waals surface area contributed by atoms with Crippen molar-refractivity contribution < 1.29 is 23.1 Å². The van der Waals surface area contributed by atoms with Crippen LogP contribution in [-0.4, -0.2) is 44.1 Å². The summed E-state index contributed by atoms with van der Waals surface area (Å²) < 4.78 is 29.0. The minimum Gasteiger partial charge on any atom is -0.497 e. The Morgan fingerprint density at radius 3 is 2.34 bits per heavy atom. The van der Waals surface area contributed by atoms with Crippen molar-refractivity contribution in [3.8, 4) is 11.5 Å². The van der Waals surface area contributed by atoms with E-state index in [9.17, 15) is 14.0 Å². The second-order valence-electron chi connectivity index (χ2n) is 7.37. The number of carbonyl (C=O) groups excluding carboxylic acids is 1. The molecule has 0 radical (unpaired) electrons. The summed E-state index contributed by atoms with van der Waals surface area (Å²) in [6, 6.07) is 14.7. The first-order valence-corrected chi connectivity index (χ1v) is 10.2. The number of halogens is 1. The number of ether oxygens (including phenoxy) is 2. The van der Waals surface area contributed by atoms with Gasteiger partial charge in [-0.2, -0.15) is 0 Å². The van der Waals surface area contributed by atoms with Crippen LogP contribution in [0, 0.1) is 5.82 Å². The number of piperazine rings is 1. The number of rotatable bonds is 6. The van der Waals surface area contributed by atoms with Crippen LogP contribution in [0.2, 0.25) is 0 Å². The second kappa shape index (κ2) is 9.55. The lowest BCUT2D eigenvalue weighted by atomic mass is 10.2. The zero-order valence-electron chi connectivity index (χ0n) is 17.6. The van der Waals surface area contributed by atoms with Gasteiger partial charge in [-0.3, -0.25) is 9.59 Å². The second-order valence-corrected chi connectivity index (χ2v) is 7.37. The molecule has 0 atom stereocenters. The highest BCUT2D eigenvalue weighted by Gasteiger charge is 2.24. The van der Waals surface area contributed by atoms with Crippen molar-refractivity contribution in [2.75, 3.05) is 38.2 Å². The Hall–Kier alpha value is -3.81. The molecule has 32 heavy (non-hydrogen) atoms. The third-order valence-corrected chi connectivity index (χ3v) is 5.32. The Bertz CT molecular complexity index is 1120. The van der Waals surface area contributed by atoms with Gasteiger partial charge < -0.3 is 23.7 Å². The van der Waals surface area contributed by atoms with E-state index < -0.39 is 5.43 Å². The van der Waals surface area contributed by atoms with Gasteiger partial charge in [-0.25, -0.2) is 4.39 Å². The van der Waals surface area contributed by atoms with Gasteiger partial charge in [0.15, 0.2) is 5.76 Å². The van der Waals surface area contributed by atoms with E-state index in [1.807, 2.05) is 24.3 Å². The molecule has 1 saturated heterocycles. The lowest BCUT2D eigenvalue weighted by molar-refractivity contribution is 0.0711. The van der Waals surface area contributed by atoms with Crippen LogP contribution in [0.25, 0.3) is 0 Å². The van der Waals surface area contributed by atoms with Crippen LogP contribution >= 0.6 is 0 Å². The number of benzene rings is 2. The predicted octanol–water partition coefficient (Wildman–Crippen LogP) is 3.33. The molecular formula is C24H23FN2O5. The fraction of sp³-hybridized carbons (Fsp3) is 0.250. The third kappa shape index (κ3) is 4.91. The molecule has 1 fully saturated rings. The highest BCUT2D eigenvalue weighted by atomic mass is 19.1. The fourth-order valence-corrected chi connectivity index (χ4v) is 3.47. The monoisotopic (exact) mass is 438 g/mol. The number of amides is 1. The molecule has 0 unspecified atom stereocenters. The molecular weight excluding hydrogens is 415 g/mol. The lowest BCUT2D eigenvalue weighted by Crippen LogP contribution is -2.48. The van der Waals surface area contributed by atoms with Gasteiger partial charge in [0, 0.05) is 37.9 Å². The van der Waals surface area contributed by atoms with E-state index >= 15 is 0 Å². The van der Waals surface area contributed by atoms with Crippen molar-refractivity contribution in [3.63, 3.8) is 0 Å². The maximum Gasteiger partial charge on any atom is 0.289 e. The summed E-state index contributed by atoms with van der Waals surface area (Å²) in [5, 5.41) is 0. The van der Waals surface area contributed by atoms with Crippen LogP contribution < -0.4 is 19.8 Å². The molecule has 1 aliphatic rings. The van der Waals surface area contributed by atoms with Crippen LogP contribution in [0.3, 0.4) is 0 Å². The number of carbonyl (C=O) groups is 1. The molecule has 0 N–H and O–H groups in total. The number of nitrogens with zero attached hydrogens (tertiary/aromatic N) is 2. The SMILES string of the molecule is COc1ccc(N2CCN(C(=O)c3cc(=O)c(OCc4ccc(F)cc4)co3)CC2)cc1. The lowest BCUT2D eigenvalue weighted by Gasteiger charge is -2.35. The standard InChI is InChI=1S/C24H23FN2O5/c1-30-20-8-6-19(7-9-20)26-10-12-27(13-11-26)24(29)22-14-21(28)23(16-32-22)31-15-17-2-4-18(25)5-3-17/h2-9,14,16H,10-13,15H2,1H3. The minimum absolute atomic E-state index is 0.00444. The average molecular weight is 438 g/mol. The molecule has 3 aromatic rings. The molecule has 0 aliphatic carbocycles. The molecule has 0 saturated carbocycles. The summed E-state index contributed by atoms with van der Waals surface area (Å²) in [6.45, 7) is 2.45. The van der Waals surface area contributed by atoms with Crippen LogP contribution in [0.1, 0.15) is 16.1 Å². The van der Waals surface area contributed by atoms with Gasteiger partial charge in [0.2, 0.25) is 11.2 Å². The zero-order chi connectivity index (χ0) is 22.5. The number of hydrogen-bond donors (Lipinski definition) is 0. The topological polar surface area (TPSA) is 72.2 Å². The highest BCUT2D eigenvalue weighted by molar-refractivity contribution is 5.91. The quantitative estimate of drug-likeness (QED) is 0.588. The van der Waals surface area contributed by atoms with Crippen molar-refractivity contribution in [3.05, 3.63) is 88.2 Å². The van der Waals surface area contributed by atoms with E-state index in [2.05, 4.69) is 4.90 Å². The predicted molar refractivity (Wildman–Crippen MR) is 117 cm³/mol. The van der Waals surface area contributed by atoms with Crippen molar-refractivity contribution in [2.24, 2.45) is 0 Å². The van der Waals surface area contributed by atoms with E-state index in [1.165, 1.54) is 12.1 Å². The van der Waals surface area contributed by atoms with Crippen molar-refractivity contribution in [2.45, 2.75) is 6.61 Å². The summed E-state index contributed by atoms with van der Waals surface area (Å²) in [7, 11) is 1.63. The first-order chi connectivity index (χ1) is 15.5. The van der Waals surface area contributed by atoms with Crippen molar-refractivity contribution >= 4 is 11.6 Å². The molecule has 2 aromatic carbocycles. The number of anilines is 1. The van der Waals surface area contributed by atoms with Gasteiger partial charge in [-0.1, -0.05) is 12.1 Å². The summed E-state index contributed by atoms with van der Waals surface area (Å²) in [6.07, 6.45) is 1.15. The first-order valence-electron chi connectivity index (χ1n) is 10.2. The Balaban J connectivity index is 1.34.